The molecule has 1 aliphatic rings. The summed E-state index contributed by atoms with van der Waals surface area (Å²) in [7, 11) is 0. The van der Waals surface area contributed by atoms with Crippen molar-refractivity contribution in [2.75, 3.05) is 11.5 Å². The molecule has 0 fully saturated rings. The second kappa shape index (κ2) is 5.06. The summed E-state index contributed by atoms with van der Waals surface area (Å²) in [4.78, 5) is 29.6. The monoisotopic (exact) mass is 279 g/mol. The third-order valence-electron chi connectivity index (χ3n) is 3.07. The molecular formula is C15H9N3O3. The van der Waals surface area contributed by atoms with Gasteiger partial charge < -0.3 is 4.74 Å². The van der Waals surface area contributed by atoms with Gasteiger partial charge in [0.1, 0.15) is 11.8 Å². The summed E-state index contributed by atoms with van der Waals surface area (Å²) in [6.07, 6.45) is 2.85. The molecule has 3 rings (SSSR count). The Bertz CT molecular complexity index is 745. The van der Waals surface area contributed by atoms with Crippen LogP contribution in [-0.2, 0) is 0 Å². The quantitative estimate of drug-likeness (QED) is 0.800. The molecule has 0 unspecified atom stereocenters. The molecule has 1 aromatic carbocycles. The fourth-order valence-electron chi connectivity index (χ4n) is 2.15. The molecule has 6 nitrogen and oxygen atoms in total. The van der Waals surface area contributed by atoms with E-state index in [1.54, 1.807) is 24.3 Å². The van der Waals surface area contributed by atoms with Crippen molar-refractivity contribution in [1.29, 1.82) is 5.26 Å². The maximum absolute atomic E-state index is 12.3. The van der Waals surface area contributed by atoms with Crippen LogP contribution >= 0.6 is 0 Å². The Hall–Kier alpha value is -3.20. The number of amides is 2. The molecule has 1 aliphatic heterocycles. The molecule has 0 radical (unpaired) electrons. The lowest BCUT2D eigenvalue weighted by molar-refractivity contribution is 0.0926. The van der Waals surface area contributed by atoms with Gasteiger partial charge in [0, 0.05) is 18.5 Å². The normalized spacial score (nSPS) is 13.0. The highest BCUT2D eigenvalue weighted by molar-refractivity contribution is 6.34. The Balaban J connectivity index is 1.98. The molecule has 0 bridgehead atoms. The lowest BCUT2D eigenvalue weighted by Crippen LogP contribution is -2.29. The van der Waals surface area contributed by atoms with Crippen molar-refractivity contribution in [3.8, 4) is 11.8 Å². The Morgan fingerprint density at radius 1 is 1.19 bits per heavy atom. The van der Waals surface area contributed by atoms with Gasteiger partial charge in [0.05, 0.1) is 16.8 Å². The zero-order valence-electron chi connectivity index (χ0n) is 10.8. The van der Waals surface area contributed by atoms with Gasteiger partial charge in [-0.2, -0.15) is 5.26 Å². The average molecular weight is 279 g/mol. The Morgan fingerprint density at radius 2 is 2.00 bits per heavy atom. The molecule has 6 heteroatoms. The predicted octanol–water partition coefficient (Wildman–Crippen LogP) is 1.78. The number of nitriles is 1. The summed E-state index contributed by atoms with van der Waals surface area (Å²) >= 11 is 0. The number of benzene rings is 1. The van der Waals surface area contributed by atoms with E-state index in [-0.39, 0.29) is 12.2 Å². The van der Waals surface area contributed by atoms with Crippen LogP contribution in [0.15, 0.2) is 42.7 Å². The molecule has 21 heavy (non-hydrogen) atoms. The number of carbonyl (C=O) groups excluding carboxylic acids is 2. The van der Waals surface area contributed by atoms with Gasteiger partial charge in [-0.25, -0.2) is 4.90 Å². The predicted molar refractivity (Wildman–Crippen MR) is 72.9 cm³/mol. The first-order valence-electron chi connectivity index (χ1n) is 6.15. The molecule has 2 heterocycles. The number of ether oxygens (including phenoxy) is 1. The summed E-state index contributed by atoms with van der Waals surface area (Å²) in [6.45, 7) is -0.102. The Labute approximate surface area is 120 Å². The van der Waals surface area contributed by atoms with Gasteiger partial charge >= 0.3 is 0 Å². The number of imide groups is 1. The smallest absolute Gasteiger partial charge is 0.267 e. The zero-order valence-corrected chi connectivity index (χ0v) is 10.8. The molecule has 0 aliphatic carbocycles. The van der Waals surface area contributed by atoms with E-state index in [1.165, 1.54) is 18.5 Å². The highest BCUT2D eigenvalue weighted by Gasteiger charge is 2.36. The molecule has 2 aromatic rings. The van der Waals surface area contributed by atoms with E-state index in [2.05, 4.69) is 4.98 Å². The first-order valence-corrected chi connectivity index (χ1v) is 6.15. The summed E-state index contributed by atoms with van der Waals surface area (Å²) in [5.74, 6) is -0.390. The number of hydrogen-bond acceptors (Lipinski definition) is 5. The number of hydrogen-bond donors (Lipinski definition) is 0. The minimum atomic E-state index is -0.416. The van der Waals surface area contributed by atoms with Gasteiger partial charge in [0.2, 0.25) is 0 Å². The molecule has 0 saturated carbocycles. The molecule has 0 atom stereocenters. The molecular weight excluding hydrogens is 270 g/mol. The first-order chi connectivity index (χ1) is 10.2. The van der Waals surface area contributed by atoms with Gasteiger partial charge in [-0.15, -0.1) is 0 Å². The molecule has 0 saturated heterocycles. The maximum Gasteiger partial charge on any atom is 0.267 e. The average Bonchev–Trinajstić information content (AvgIpc) is 2.78. The van der Waals surface area contributed by atoms with Gasteiger partial charge in [0.25, 0.3) is 11.8 Å². The fourth-order valence-corrected chi connectivity index (χ4v) is 2.15. The minimum Gasteiger partial charge on any atom is -0.479 e. The lowest BCUT2D eigenvalue weighted by Gasteiger charge is -2.14. The van der Waals surface area contributed by atoms with Crippen LogP contribution < -0.4 is 9.64 Å². The van der Waals surface area contributed by atoms with Crippen molar-refractivity contribution in [3.05, 3.63) is 53.9 Å². The van der Waals surface area contributed by atoms with Crippen molar-refractivity contribution < 1.29 is 14.3 Å². The molecule has 102 valence electrons. The SMILES string of the molecule is N#CCOc1cccc(N2C(=O)c3ccncc3C2=O)c1. The number of rotatable bonds is 3. The minimum absolute atomic E-state index is 0.102. The number of aromatic nitrogens is 1. The van der Waals surface area contributed by atoms with Crippen LogP contribution in [0.5, 0.6) is 5.75 Å². The van der Waals surface area contributed by atoms with E-state index in [9.17, 15) is 9.59 Å². The summed E-state index contributed by atoms with van der Waals surface area (Å²) < 4.78 is 5.18. The summed E-state index contributed by atoms with van der Waals surface area (Å²) in [6, 6.07) is 9.87. The third kappa shape index (κ3) is 2.11. The molecule has 2 amide bonds. The van der Waals surface area contributed by atoms with Gasteiger partial charge in [0.15, 0.2) is 6.61 Å². The van der Waals surface area contributed by atoms with Crippen LogP contribution in [0, 0.1) is 11.3 Å². The Kier molecular flexibility index (Phi) is 3.09. The van der Waals surface area contributed by atoms with Gasteiger partial charge in [-0.1, -0.05) is 6.07 Å². The van der Waals surface area contributed by atoms with Crippen molar-refractivity contribution >= 4 is 17.5 Å². The third-order valence-corrected chi connectivity index (χ3v) is 3.07. The van der Waals surface area contributed by atoms with Crippen molar-refractivity contribution in [3.63, 3.8) is 0 Å². The van der Waals surface area contributed by atoms with E-state index < -0.39 is 11.8 Å². The number of carbonyl (C=O) groups is 2. The Morgan fingerprint density at radius 3 is 2.76 bits per heavy atom. The number of nitrogens with zero attached hydrogens (tertiary/aromatic N) is 3. The summed E-state index contributed by atoms with van der Waals surface area (Å²) in [5.41, 5.74) is 1.01. The van der Waals surface area contributed by atoms with Gasteiger partial charge in [-0.3, -0.25) is 14.6 Å². The molecule has 1 aromatic heterocycles. The largest absolute Gasteiger partial charge is 0.479 e. The van der Waals surface area contributed by atoms with E-state index >= 15 is 0 Å². The van der Waals surface area contributed by atoms with Crippen LogP contribution in [0.1, 0.15) is 20.7 Å². The summed E-state index contributed by atoms with van der Waals surface area (Å²) in [5, 5.41) is 8.51. The number of anilines is 1. The number of fused-ring (bicyclic) bond motifs is 1. The zero-order chi connectivity index (χ0) is 14.8. The highest BCUT2D eigenvalue weighted by Crippen LogP contribution is 2.29. The van der Waals surface area contributed by atoms with Crippen LogP contribution in [0.25, 0.3) is 0 Å². The van der Waals surface area contributed by atoms with Crippen LogP contribution in [-0.4, -0.2) is 23.4 Å². The highest BCUT2D eigenvalue weighted by atomic mass is 16.5. The second-order valence-corrected chi connectivity index (χ2v) is 4.31. The number of pyridine rings is 1. The topological polar surface area (TPSA) is 83.3 Å². The van der Waals surface area contributed by atoms with Crippen LogP contribution in [0.3, 0.4) is 0 Å². The molecule has 0 N–H and O–H groups in total. The van der Waals surface area contributed by atoms with E-state index in [1.807, 2.05) is 6.07 Å². The van der Waals surface area contributed by atoms with Crippen molar-refractivity contribution in [2.24, 2.45) is 0 Å². The van der Waals surface area contributed by atoms with Crippen LogP contribution in [0.2, 0.25) is 0 Å². The van der Waals surface area contributed by atoms with Crippen LogP contribution in [0.4, 0.5) is 5.69 Å². The van der Waals surface area contributed by atoms with Gasteiger partial charge in [-0.05, 0) is 18.2 Å². The van der Waals surface area contributed by atoms with E-state index in [4.69, 9.17) is 10.00 Å². The fraction of sp³-hybridized carbons (Fsp3) is 0.0667. The van der Waals surface area contributed by atoms with Crippen molar-refractivity contribution in [1.82, 2.24) is 4.98 Å². The first kappa shape index (κ1) is 12.8. The second-order valence-electron chi connectivity index (χ2n) is 4.31. The lowest BCUT2D eigenvalue weighted by atomic mass is 10.2. The standard InChI is InChI=1S/C15H9N3O3/c16-5-7-21-11-3-1-2-10(8-11)18-14(19)12-4-6-17-9-13(12)15(18)20/h1-4,6,8-9H,7H2. The van der Waals surface area contributed by atoms with Crippen molar-refractivity contribution in [2.45, 2.75) is 0 Å². The van der Waals surface area contributed by atoms with E-state index in [0.717, 1.165) is 4.90 Å². The molecule has 0 spiro atoms. The maximum atomic E-state index is 12.3. The van der Waals surface area contributed by atoms with E-state index in [0.29, 0.717) is 17.0 Å².